The highest BCUT2D eigenvalue weighted by molar-refractivity contribution is 5.91. The predicted molar refractivity (Wildman–Crippen MR) is 88.1 cm³/mol. The summed E-state index contributed by atoms with van der Waals surface area (Å²) in [5.74, 6) is 0.754. The molecular formula is C18H27NO2. The average molecular weight is 289 g/mol. The summed E-state index contributed by atoms with van der Waals surface area (Å²) in [4.78, 5) is 11.7. The van der Waals surface area contributed by atoms with Crippen molar-refractivity contribution in [3.63, 3.8) is 0 Å². The Hall–Kier alpha value is -1.61. The fourth-order valence-electron chi connectivity index (χ4n) is 1.98. The summed E-state index contributed by atoms with van der Waals surface area (Å²) in [5.41, 5.74) is 2.33. The third kappa shape index (κ3) is 7.09. The summed E-state index contributed by atoms with van der Waals surface area (Å²) >= 11 is 0. The van der Waals surface area contributed by atoms with E-state index in [1.54, 1.807) is 6.08 Å². The zero-order valence-corrected chi connectivity index (χ0v) is 13.3. The van der Waals surface area contributed by atoms with E-state index in [0.717, 1.165) is 18.4 Å². The van der Waals surface area contributed by atoms with Crippen molar-refractivity contribution in [3.8, 4) is 0 Å². The van der Waals surface area contributed by atoms with Gasteiger partial charge in [0, 0.05) is 19.2 Å². The van der Waals surface area contributed by atoms with Crippen LogP contribution < -0.4 is 5.32 Å². The molecule has 0 aromatic heterocycles. The Bertz CT molecular complexity index is 449. The molecule has 0 saturated heterocycles. The Morgan fingerprint density at radius 2 is 1.90 bits per heavy atom. The van der Waals surface area contributed by atoms with Crippen molar-refractivity contribution in [1.82, 2.24) is 5.32 Å². The molecule has 3 nitrogen and oxygen atoms in total. The normalized spacial score (nSPS) is 12.8. The van der Waals surface area contributed by atoms with Crippen LogP contribution in [-0.2, 0) is 4.79 Å². The number of carbonyl (C=O) groups is 1. The molecule has 0 saturated carbocycles. The zero-order valence-electron chi connectivity index (χ0n) is 13.3. The van der Waals surface area contributed by atoms with Gasteiger partial charge in [-0.1, -0.05) is 45.0 Å². The first kappa shape index (κ1) is 17.4. The Kier molecular flexibility index (Phi) is 7.76. The Balaban J connectivity index is 2.33. The quantitative estimate of drug-likeness (QED) is 0.569. The summed E-state index contributed by atoms with van der Waals surface area (Å²) in [5, 5.41) is 11.8. The van der Waals surface area contributed by atoms with Crippen LogP contribution in [-0.4, -0.2) is 24.2 Å². The molecule has 1 rings (SSSR count). The lowest BCUT2D eigenvalue weighted by Gasteiger charge is -2.07. The van der Waals surface area contributed by atoms with Crippen LogP contribution in [0, 0.1) is 5.92 Å². The maximum atomic E-state index is 11.7. The summed E-state index contributed by atoms with van der Waals surface area (Å²) in [6.07, 6.45) is 5.22. The molecule has 1 aromatic rings. The fraction of sp³-hybridized carbons (Fsp3) is 0.500. The topological polar surface area (TPSA) is 49.3 Å². The van der Waals surface area contributed by atoms with Crippen LogP contribution in [0.2, 0.25) is 0 Å². The number of hydrogen-bond donors (Lipinski definition) is 2. The van der Waals surface area contributed by atoms with E-state index < -0.39 is 0 Å². The third-order valence-electron chi connectivity index (χ3n) is 3.51. The third-order valence-corrected chi connectivity index (χ3v) is 3.51. The second-order valence-electron chi connectivity index (χ2n) is 5.88. The smallest absolute Gasteiger partial charge is 0.243 e. The number of aliphatic hydroxyl groups is 1. The molecule has 1 amide bonds. The van der Waals surface area contributed by atoms with Gasteiger partial charge in [-0.15, -0.1) is 0 Å². The lowest BCUT2D eigenvalue weighted by atomic mass is 10.0. The molecule has 0 aliphatic heterocycles. The number of benzene rings is 1. The van der Waals surface area contributed by atoms with Crippen LogP contribution >= 0.6 is 0 Å². The van der Waals surface area contributed by atoms with Gasteiger partial charge in [-0.05, 0) is 41.9 Å². The van der Waals surface area contributed by atoms with E-state index in [1.807, 2.05) is 25.1 Å². The van der Waals surface area contributed by atoms with E-state index in [0.29, 0.717) is 18.4 Å². The van der Waals surface area contributed by atoms with Crippen LogP contribution in [0.3, 0.4) is 0 Å². The van der Waals surface area contributed by atoms with Gasteiger partial charge in [-0.2, -0.15) is 0 Å². The van der Waals surface area contributed by atoms with E-state index in [9.17, 15) is 4.79 Å². The molecule has 2 N–H and O–H groups in total. The number of hydrogen-bond acceptors (Lipinski definition) is 2. The van der Waals surface area contributed by atoms with Crippen LogP contribution in [0.5, 0.6) is 0 Å². The Labute approximate surface area is 128 Å². The maximum absolute atomic E-state index is 11.7. The van der Waals surface area contributed by atoms with Gasteiger partial charge in [-0.3, -0.25) is 4.79 Å². The summed E-state index contributed by atoms with van der Waals surface area (Å²) < 4.78 is 0. The number of carbonyl (C=O) groups excluding carboxylic acids is 1. The van der Waals surface area contributed by atoms with Crippen molar-refractivity contribution in [2.75, 3.05) is 13.2 Å². The van der Waals surface area contributed by atoms with E-state index >= 15 is 0 Å². The van der Waals surface area contributed by atoms with Gasteiger partial charge in [-0.25, -0.2) is 0 Å². The van der Waals surface area contributed by atoms with Gasteiger partial charge in [0.1, 0.15) is 0 Å². The van der Waals surface area contributed by atoms with Crippen molar-refractivity contribution in [2.24, 2.45) is 5.92 Å². The van der Waals surface area contributed by atoms with Crippen molar-refractivity contribution >= 4 is 12.0 Å². The number of amides is 1. The minimum absolute atomic E-state index is 0.0698. The molecule has 1 unspecified atom stereocenters. The second kappa shape index (κ2) is 9.35. The van der Waals surface area contributed by atoms with Crippen molar-refractivity contribution in [1.29, 1.82) is 0 Å². The second-order valence-corrected chi connectivity index (χ2v) is 5.88. The molecule has 0 aliphatic rings. The highest BCUT2D eigenvalue weighted by Crippen LogP contribution is 2.15. The van der Waals surface area contributed by atoms with Gasteiger partial charge in [0.15, 0.2) is 0 Å². The first-order chi connectivity index (χ1) is 10.0. The highest BCUT2D eigenvalue weighted by Gasteiger charge is 2.01. The van der Waals surface area contributed by atoms with E-state index in [-0.39, 0.29) is 12.5 Å². The standard InChI is InChI=1S/C18H27NO2/c1-14(2)17-9-6-16(7-10-17)8-11-18(21)19-12-4-5-15(3)13-20/h6-11,14-15,20H,4-5,12-13H2,1-3H3,(H,19,21)/b11-8+. The zero-order chi connectivity index (χ0) is 15.7. The molecule has 3 heteroatoms. The van der Waals surface area contributed by atoms with E-state index in [2.05, 4.69) is 31.3 Å². The summed E-state index contributed by atoms with van der Waals surface area (Å²) in [7, 11) is 0. The minimum atomic E-state index is -0.0698. The van der Waals surface area contributed by atoms with Crippen molar-refractivity contribution in [3.05, 3.63) is 41.5 Å². The summed E-state index contributed by atoms with van der Waals surface area (Å²) in [6, 6.07) is 8.25. The molecular weight excluding hydrogens is 262 g/mol. The molecule has 0 fully saturated rings. The molecule has 0 bridgehead atoms. The van der Waals surface area contributed by atoms with Crippen LogP contribution in [0.4, 0.5) is 0 Å². The lowest BCUT2D eigenvalue weighted by Crippen LogP contribution is -2.22. The van der Waals surface area contributed by atoms with Crippen LogP contribution in [0.25, 0.3) is 6.08 Å². The molecule has 1 atom stereocenters. The molecule has 0 aliphatic carbocycles. The molecule has 0 radical (unpaired) electrons. The van der Waals surface area contributed by atoms with Crippen molar-refractivity contribution in [2.45, 2.75) is 39.5 Å². The van der Waals surface area contributed by atoms with Crippen molar-refractivity contribution < 1.29 is 9.90 Å². The predicted octanol–water partition coefficient (Wildman–Crippen LogP) is 3.35. The summed E-state index contributed by atoms with van der Waals surface area (Å²) in [6.45, 7) is 7.19. The number of nitrogens with one attached hydrogen (secondary N) is 1. The van der Waals surface area contributed by atoms with Crippen LogP contribution in [0.1, 0.15) is 50.7 Å². The van der Waals surface area contributed by atoms with Gasteiger partial charge in [0.25, 0.3) is 0 Å². The maximum Gasteiger partial charge on any atom is 0.243 e. The SMILES string of the molecule is CC(CO)CCCNC(=O)/C=C/c1ccc(C(C)C)cc1. The van der Waals surface area contributed by atoms with Crippen LogP contribution in [0.15, 0.2) is 30.3 Å². The van der Waals surface area contributed by atoms with Gasteiger partial charge < -0.3 is 10.4 Å². The molecule has 116 valence electrons. The molecule has 21 heavy (non-hydrogen) atoms. The first-order valence-corrected chi connectivity index (χ1v) is 7.69. The monoisotopic (exact) mass is 289 g/mol. The van der Waals surface area contributed by atoms with Gasteiger partial charge in [0.2, 0.25) is 5.91 Å². The first-order valence-electron chi connectivity index (χ1n) is 7.69. The lowest BCUT2D eigenvalue weighted by molar-refractivity contribution is -0.116. The average Bonchev–Trinajstić information content (AvgIpc) is 2.49. The Morgan fingerprint density at radius 3 is 2.48 bits per heavy atom. The van der Waals surface area contributed by atoms with E-state index in [4.69, 9.17) is 5.11 Å². The molecule has 1 aromatic carbocycles. The minimum Gasteiger partial charge on any atom is -0.396 e. The molecule has 0 heterocycles. The highest BCUT2D eigenvalue weighted by atomic mass is 16.3. The van der Waals surface area contributed by atoms with Gasteiger partial charge in [0.05, 0.1) is 0 Å². The fourth-order valence-corrected chi connectivity index (χ4v) is 1.98. The Morgan fingerprint density at radius 1 is 1.24 bits per heavy atom. The number of aliphatic hydroxyl groups excluding tert-OH is 1. The van der Waals surface area contributed by atoms with Gasteiger partial charge >= 0.3 is 0 Å². The largest absolute Gasteiger partial charge is 0.396 e. The number of rotatable bonds is 8. The molecule has 0 spiro atoms. The van der Waals surface area contributed by atoms with E-state index in [1.165, 1.54) is 5.56 Å².